The molecule has 1 aromatic rings. The first kappa shape index (κ1) is 10.2. The van der Waals surface area contributed by atoms with Crippen LogP contribution in [-0.4, -0.2) is 13.4 Å². The summed E-state index contributed by atoms with van der Waals surface area (Å²) in [6.45, 7) is 0. The number of aldehydes is 1. The van der Waals surface area contributed by atoms with Gasteiger partial charge in [0.25, 0.3) is 0 Å². The Morgan fingerprint density at radius 1 is 1.40 bits per heavy atom. The normalized spacial score (nSPS) is 13.7. The molecule has 0 saturated heterocycles. The highest BCUT2D eigenvalue weighted by atomic mass is 16.5. The van der Waals surface area contributed by atoms with Crippen LogP contribution in [0.4, 0.5) is 0 Å². The summed E-state index contributed by atoms with van der Waals surface area (Å²) in [6.07, 6.45) is 5.84. The third kappa shape index (κ3) is 1.89. The molecule has 0 atom stereocenters. The highest BCUT2D eigenvalue weighted by Gasteiger charge is 2.17. The Bertz CT molecular complexity index is 369. The average molecular weight is 204 g/mol. The van der Waals surface area contributed by atoms with Crippen LogP contribution in [0.2, 0.25) is 0 Å². The predicted octanol–water partition coefficient (Wildman–Crippen LogP) is 2.32. The van der Waals surface area contributed by atoms with Gasteiger partial charge in [-0.2, -0.15) is 0 Å². The fourth-order valence-corrected chi connectivity index (χ4v) is 2.35. The Morgan fingerprint density at radius 3 is 3.00 bits per heavy atom. The van der Waals surface area contributed by atoms with Gasteiger partial charge in [-0.25, -0.2) is 0 Å². The molecule has 0 radical (unpaired) electrons. The van der Waals surface area contributed by atoms with E-state index in [1.54, 1.807) is 7.11 Å². The van der Waals surface area contributed by atoms with Crippen molar-refractivity contribution in [1.29, 1.82) is 0 Å². The van der Waals surface area contributed by atoms with Gasteiger partial charge in [0.05, 0.1) is 7.11 Å². The molecule has 1 aliphatic carbocycles. The molecule has 1 aromatic carbocycles. The Hall–Kier alpha value is -1.31. The number of hydrogen-bond acceptors (Lipinski definition) is 2. The molecule has 0 N–H and O–H groups in total. The summed E-state index contributed by atoms with van der Waals surface area (Å²) in [5.41, 5.74) is 3.95. The maximum absolute atomic E-state index is 10.4. The Labute approximate surface area is 90.3 Å². The van der Waals surface area contributed by atoms with Crippen molar-refractivity contribution in [3.8, 4) is 5.75 Å². The van der Waals surface area contributed by atoms with Crippen LogP contribution in [-0.2, 0) is 24.1 Å². The van der Waals surface area contributed by atoms with Gasteiger partial charge in [0.2, 0.25) is 0 Å². The number of hydrogen-bond donors (Lipinski definition) is 0. The molecule has 0 aliphatic heterocycles. The highest BCUT2D eigenvalue weighted by Crippen LogP contribution is 2.34. The van der Waals surface area contributed by atoms with Crippen molar-refractivity contribution < 1.29 is 9.53 Å². The van der Waals surface area contributed by atoms with Crippen LogP contribution in [0.3, 0.4) is 0 Å². The molecule has 0 bridgehead atoms. The van der Waals surface area contributed by atoms with Crippen LogP contribution < -0.4 is 4.74 Å². The van der Waals surface area contributed by atoms with E-state index in [2.05, 4.69) is 12.1 Å². The maximum atomic E-state index is 10.4. The quantitative estimate of drug-likeness (QED) is 0.703. The maximum Gasteiger partial charge on any atom is 0.125 e. The van der Waals surface area contributed by atoms with E-state index in [9.17, 15) is 4.79 Å². The topological polar surface area (TPSA) is 26.3 Å². The van der Waals surface area contributed by atoms with E-state index < -0.39 is 0 Å². The van der Waals surface area contributed by atoms with Gasteiger partial charge in [-0.05, 0) is 42.4 Å². The summed E-state index contributed by atoms with van der Waals surface area (Å²) < 4.78 is 5.47. The molecular weight excluding hydrogens is 188 g/mol. The Morgan fingerprint density at radius 2 is 2.27 bits per heavy atom. The van der Waals surface area contributed by atoms with E-state index in [4.69, 9.17) is 4.74 Å². The number of carbonyl (C=O) groups is 1. The number of fused-ring (bicyclic) bond motifs is 1. The van der Waals surface area contributed by atoms with Crippen LogP contribution in [0.5, 0.6) is 5.75 Å². The molecule has 0 heterocycles. The number of rotatable bonds is 4. The molecule has 0 amide bonds. The number of benzene rings is 1. The molecule has 2 rings (SSSR count). The molecule has 0 aromatic heterocycles. The molecule has 15 heavy (non-hydrogen) atoms. The van der Waals surface area contributed by atoms with Crippen LogP contribution >= 0.6 is 0 Å². The summed E-state index contributed by atoms with van der Waals surface area (Å²) in [5, 5.41) is 0. The van der Waals surface area contributed by atoms with Crippen molar-refractivity contribution in [2.75, 3.05) is 7.11 Å². The van der Waals surface area contributed by atoms with Crippen molar-refractivity contribution in [2.45, 2.75) is 32.1 Å². The van der Waals surface area contributed by atoms with E-state index in [0.717, 1.165) is 24.9 Å². The average Bonchev–Trinajstić information content (AvgIpc) is 2.73. The van der Waals surface area contributed by atoms with E-state index >= 15 is 0 Å². The highest BCUT2D eigenvalue weighted by molar-refractivity contribution is 5.53. The van der Waals surface area contributed by atoms with Gasteiger partial charge in [-0.1, -0.05) is 12.1 Å². The molecule has 2 heteroatoms. The second kappa shape index (κ2) is 4.47. The molecule has 2 nitrogen and oxygen atoms in total. The van der Waals surface area contributed by atoms with Crippen LogP contribution in [0, 0.1) is 0 Å². The lowest BCUT2D eigenvalue weighted by Gasteiger charge is -2.12. The number of methoxy groups -OCH3 is 1. The zero-order chi connectivity index (χ0) is 10.7. The Kier molecular flexibility index (Phi) is 3.05. The first-order valence-corrected chi connectivity index (χ1v) is 5.48. The lowest BCUT2D eigenvalue weighted by atomic mass is 10.0. The Balaban J connectivity index is 2.34. The lowest BCUT2D eigenvalue weighted by Crippen LogP contribution is -1.98. The third-order valence-corrected chi connectivity index (χ3v) is 3.05. The fourth-order valence-electron chi connectivity index (χ4n) is 2.35. The minimum atomic E-state index is 0.579. The van der Waals surface area contributed by atoms with Gasteiger partial charge in [-0.15, -0.1) is 0 Å². The molecule has 0 saturated carbocycles. The van der Waals surface area contributed by atoms with Gasteiger partial charge in [0.1, 0.15) is 12.0 Å². The number of aryl methyl sites for hydroxylation is 2. The minimum absolute atomic E-state index is 0.579. The van der Waals surface area contributed by atoms with Crippen LogP contribution in [0.25, 0.3) is 0 Å². The summed E-state index contributed by atoms with van der Waals surface area (Å²) in [4.78, 5) is 10.4. The lowest BCUT2D eigenvalue weighted by molar-refractivity contribution is -0.107. The van der Waals surface area contributed by atoms with Crippen molar-refractivity contribution in [3.05, 3.63) is 28.8 Å². The first-order chi connectivity index (χ1) is 7.36. The van der Waals surface area contributed by atoms with Gasteiger partial charge in [0.15, 0.2) is 0 Å². The monoisotopic (exact) mass is 204 g/mol. The molecule has 1 aliphatic rings. The summed E-state index contributed by atoms with van der Waals surface area (Å²) >= 11 is 0. The standard InChI is InChI=1S/C13H16O2/c1-15-13-11(5-3-9-14)8-7-10-4-2-6-12(10)13/h7-9H,2-6H2,1H3. The molecule has 0 spiro atoms. The number of ether oxygens (including phenoxy) is 1. The zero-order valence-corrected chi connectivity index (χ0v) is 9.08. The predicted molar refractivity (Wildman–Crippen MR) is 59.4 cm³/mol. The molecule has 0 fully saturated rings. The minimum Gasteiger partial charge on any atom is -0.496 e. The van der Waals surface area contributed by atoms with E-state index in [-0.39, 0.29) is 0 Å². The van der Waals surface area contributed by atoms with Crippen molar-refractivity contribution in [2.24, 2.45) is 0 Å². The SMILES string of the molecule is COc1c(CCC=O)ccc2c1CCC2. The van der Waals surface area contributed by atoms with Crippen molar-refractivity contribution in [1.82, 2.24) is 0 Å². The van der Waals surface area contributed by atoms with E-state index in [1.807, 2.05) is 0 Å². The summed E-state index contributed by atoms with van der Waals surface area (Å²) in [5.74, 6) is 1.02. The largest absolute Gasteiger partial charge is 0.496 e. The number of carbonyl (C=O) groups excluding carboxylic acids is 1. The zero-order valence-electron chi connectivity index (χ0n) is 9.08. The summed E-state index contributed by atoms with van der Waals surface area (Å²) in [7, 11) is 1.72. The van der Waals surface area contributed by atoms with Crippen LogP contribution in [0.15, 0.2) is 12.1 Å². The second-order valence-corrected chi connectivity index (χ2v) is 3.95. The van der Waals surface area contributed by atoms with E-state index in [1.165, 1.54) is 29.5 Å². The van der Waals surface area contributed by atoms with Crippen LogP contribution in [0.1, 0.15) is 29.5 Å². The van der Waals surface area contributed by atoms with Crippen molar-refractivity contribution in [3.63, 3.8) is 0 Å². The van der Waals surface area contributed by atoms with Gasteiger partial charge >= 0.3 is 0 Å². The van der Waals surface area contributed by atoms with Gasteiger partial charge < -0.3 is 9.53 Å². The molecular formula is C13H16O2. The van der Waals surface area contributed by atoms with Crippen molar-refractivity contribution >= 4 is 6.29 Å². The fraction of sp³-hybridized carbons (Fsp3) is 0.462. The van der Waals surface area contributed by atoms with E-state index in [0.29, 0.717) is 6.42 Å². The smallest absolute Gasteiger partial charge is 0.125 e. The summed E-state index contributed by atoms with van der Waals surface area (Å²) in [6, 6.07) is 4.29. The van der Waals surface area contributed by atoms with Gasteiger partial charge in [0, 0.05) is 6.42 Å². The molecule has 0 unspecified atom stereocenters. The van der Waals surface area contributed by atoms with Gasteiger partial charge in [-0.3, -0.25) is 0 Å². The third-order valence-electron chi connectivity index (χ3n) is 3.05. The second-order valence-electron chi connectivity index (χ2n) is 3.95. The first-order valence-electron chi connectivity index (χ1n) is 5.48. The molecule has 80 valence electrons.